The molecule has 1 heterocycles. The SMILES string of the molecule is CC(=O)OCC1CCC(C(=O)O)=CO1. The van der Waals surface area contributed by atoms with Crippen LogP contribution in [0.3, 0.4) is 0 Å². The molecule has 0 fully saturated rings. The van der Waals surface area contributed by atoms with E-state index in [0.717, 1.165) is 0 Å². The smallest absolute Gasteiger partial charge is 0.334 e. The topological polar surface area (TPSA) is 72.8 Å². The summed E-state index contributed by atoms with van der Waals surface area (Å²) in [5.74, 6) is -1.32. The van der Waals surface area contributed by atoms with E-state index in [1.54, 1.807) is 0 Å². The van der Waals surface area contributed by atoms with E-state index >= 15 is 0 Å². The zero-order valence-electron chi connectivity index (χ0n) is 7.86. The van der Waals surface area contributed by atoms with Crippen LogP contribution in [0.4, 0.5) is 0 Å². The van der Waals surface area contributed by atoms with Gasteiger partial charge in [0.05, 0.1) is 11.8 Å². The summed E-state index contributed by atoms with van der Waals surface area (Å²) < 4.78 is 9.82. The van der Waals surface area contributed by atoms with Crippen molar-refractivity contribution in [3.63, 3.8) is 0 Å². The van der Waals surface area contributed by atoms with Crippen molar-refractivity contribution in [1.29, 1.82) is 0 Å². The first-order valence-electron chi connectivity index (χ1n) is 4.30. The second-order valence-electron chi connectivity index (χ2n) is 3.05. The molecule has 0 aromatic carbocycles. The quantitative estimate of drug-likeness (QED) is 0.679. The molecule has 5 nitrogen and oxygen atoms in total. The second-order valence-corrected chi connectivity index (χ2v) is 3.05. The van der Waals surface area contributed by atoms with Gasteiger partial charge in [-0.15, -0.1) is 0 Å². The third kappa shape index (κ3) is 3.08. The minimum absolute atomic E-state index is 0.179. The number of carbonyl (C=O) groups excluding carboxylic acids is 1. The lowest BCUT2D eigenvalue weighted by Crippen LogP contribution is -2.23. The number of rotatable bonds is 3. The van der Waals surface area contributed by atoms with Crippen LogP contribution < -0.4 is 0 Å². The van der Waals surface area contributed by atoms with Crippen molar-refractivity contribution in [1.82, 2.24) is 0 Å². The first-order chi connectivity index (χ1) is 6.59. The molecule has 0 aromatic heterocycles. The van der Waals surface area contributed by atoms with Gasteiger partial charge >= 0.3 is 11.9 Å². The Morgan fingerprint density at radius 1 is 1.71 bits per heavy atom. The fourth-order valence-corrected chi connectivity index (χ4v) is 1.11. The molecule has 0 aliphatic carbocycles. The number of hydrogen-bond donors (Lipinski definition) is 1. The van der Waals surface area contributed by atoms with Gasteiger partial charge in [-0.05, 0) is 12.8 Å². The van der Waals surface area contributed by atoms with Crippen LogP contribution >= 0.6 is 0 Å². The molecule has 0 radical (unpaired) electrons. The van der Waals surface area contributed by atoms with E-state index in [4.69, 9.17) is 14.6 Å². The van der Waals surface area contributed by atoms with Crippen molar-refractivity contribution in [3.8, 4) is 0 Å². The maximum Gasteiger partial charge on any atom is 0.334 e. The van der Waals surface area contributed by atoms with Gasteiger partial charge in [0.15, 0.2) is 0 Å². The largest absolute Gasteiger partial charge is 0.494 e. The molecule has 0 amide bonds. The summed E-state index contributed by atoms with van der Waals surface area (Å²) in [5.41, 5.74) is 0.254. The van der Waals surface area contributed by atoms with Gasteiger partial charge < -0.3 is 14.6 Å². The van der Waals surface area contributed by atoms with Gasteiger partial charge in [-0.25, -0.2) is 4.79 Å². The Kier molecular flexibility index (Phi) is 3.50. The molecule has 14 heavy (non-hydrogen) atoms. The summed E-state index contributed by atoms with van der Waals surface area (Å²) in [6.07, 6.45) is 2.01. The Balaban J connectivity index is 2.35. The minimum atomic E-state index is -0.962. The van der Waals surface area contributed by atoms with Gasteiger partial charge in [0.2, 0.25) is 0 Å². The van der Waals surface area contributed by atoms with E-state index < -0.39 is 5.97 Å². The highest BCUT2D eigenvalue weighted by molar-refractivity contribution is 5.86. The van der Waals surface area contributed by atoms with Crippen molar-refractivity contribution < 1.29 is 24.2 Å². The number of carbonyl (C=O) groups is 2. The Morgan fingerprint density at radius 3 is 2.86 bits per heavy atom. The normalized spacial score (nSPS) is 20.6. The van der Waals surface area contributed by atoms with Crippen molar-refractivity contribution in [3.05, 3.63) is 11.8 Å². The molecular weight excluding hydrogens is 188 g/mol. The molecule has 5 heteroatoms. The maximum atomic E-state index is 10.5. The first kappa shape index (κ1) is 10.6. The van der Waals surface area contributed by atoms with Crippen LogP contribution in [-0.4, -0.2) is 29.8 Å². The summed E-state index contributed by atoms with van der Waals surface area (Å²) in [7, 11) is 0. The van der Waals surface area contributed by atoms with E-state index in [-0.39, 0.29) is 24.3 Å². The molecule has 0 bridgehead atoms. The molecule has 1 unspecified atom stereocenters. The zero-order chi connectivity index (χ0) is 10.6. The van der Waals surface area contributed by atoms with Crippen LogP contribution in [0.15, 0.2) is 11.8 Å². The van der Waals surface area contributed by atoms with Crippen molar-refractivity contribution >= 4 is 11.9 Å². The summed E-state index contributed by atoms with van der Waals surface area (Å²) in [6, 6.07) is 0. The Bertz CT molecular complexity index is 268. The molecule has 1 aliphatic heterocycles. The van der Waals surface area contributed by atoms with E-state index in [1.807, 2.05) is 0 Å². The molecular formula is C9H12O5. The van der Waals surface area contributed by atoms with Crippen LogP contribution in [0, 0.1) is 0 Å². The molecule has 0 aromatic rings. The van der Waals surface area contributed by atoms with E-state index in [0.29, 0.717) is 12.8 Å². The Labute approximate surface area is 81.3 Å². The lowest BCUT2D eigenvalue weighted by Gasteiger charge is -2.20. The predicted octanol–water partition coefficient (Wildman–Crippen LogP) is 0.697. The van der Waals surface area contributed by atoms with Crippen LogP contribution in [0.5, 0.6) is 0 Å². The van der Waals surface area contributed by atoms with Gasteiger partial charge in [0, 0.05) is 6.92 Å². The van der Waals surface area contributed by atoms with Crippen molar-refractivity contribution in [2.45, 2.75) is 25.9 Å². The molecule has 0 saturated carbocycles. The minimum Gasteiger partial charge on any atom is -0.494 e. The van der Waals surface area contributed by atoms with Crippen LogP contribution in [0.25, 0.3) is 0 Å². The Hall–Kier alpha value is -1.52. The van der Waals surface area contributed by atoms with Crippen LogP contribution in [0.1, 0.15) is 19.8 Å². The maximum absolute atomic E-state index is 10.5. The molecule has 0 saturated heterocycles. The predicted molar refractivity (Wildman–Crippen MR) is 46.5 cm³/mol. The average molecular weight is 200 g/mol. The third-order valence-corrected chi connectivity index (χ3v) is 1.89. The van der Waals surface area contributed by atoms with Gasteiger partial charge in [-0.3, -0.25) is 4.79 Å². The summed E-state index contributed by atoms with van der Waals surface area (Å²) in [4.78, 5) is 21.0. The number of ether oxygens (including phenoxy) is 2. The summed E-state index contributed by atoms with van der Waals surface area (Å²) in [6.45, 7) is 1.50. The molecule has 1 rings (SSSR count). The molecule has 0 spiro atoms. The number of hydrogen-bond acceptors (Lipinski definition) is 4. The number of carboxylic acid groups (broad SMARTS) is 1. The fourth-order valence-electron chi connectivity index (χ4n) is 1.11. The van der Waals surface area contributed by atoms with Gasteiger partial charge in [-0.2, -0.15) is 0 Å². The van der Waals surface area contributed by atoms with Crippen LogP contribution in [0.2, 0.25) is 0 Å². The molecule has 1 N–H and O–H groups in total. The molecule has 1 aliphatic rings. The van der Waals surface area contributed by atoms with Crippen molar-refractivity contribution in [2.75, 3.05) is 6.61 Å². The zero-order valence-corrected chi connectivity index (χ0v) is 7.86. The highest BCUT2D eigenvalue weighted by Crippen LogP contribution is 2.17. The first-order valence-corrected chi connectivity index (χ1v) is 4.30. The molecule has 78 valence electrons. The van der Waals surface area contributed by atoms with Crippen LogP contribution in [-0.2, 0) is 19.1 Å². The third-order valence-electron chi connectivity index (χ3n) is 1.89. The van der Waals surface area contributed by atoms with E-state index in [1.165, 1.54) is 13.2 Å². The highest BCUT2D eigenvalue weighted by Gasteiger charge is 2.20. The second kappa shape index (κ2) is 4.64. The summed E-state index contributed by atoms with van der Waals surface area (Å²) in [5, 5.41) is 8.61. The number of esters is 1. The van der Waals surface area contributed by atoms with E-state index in [9.17, 15) is 9.59 Å². The van der Waals surface area contributed by atoms with Gasteiger partial charge in [-0.1, -0.05) is 0 Å². The fraction of sp³-hybridized carbons (Fsp3) is 0.556. The van der Waals surface area contributed by atoms with Gasteiger partial charge in [0.25, 0.3) is 0 Å². The summed E-state index contributed by atoms with van der Waals surface area (Å²) >= 11 is 0. The van der Waals surface area contributed by atoms with Gasteiger partial charge in [0.1, 0.15) is 12.7 Å². The monoisotopic (exact) mass is 200 g/mol. The number of aliphatic carboxylic acids is 1. The van der Waals surface area contributed by atoms with E-state index in [2.05, 4.69) is 0 Å². The average Bonchev–Trinajstić information content (AvgIpc) is 2.15. The number of carboxylic acids is 1. The Morgan fingerprint density at radius 2 is 2.43 bits per heavy atom. The lowest BCUT2D eigenvalue weighted by atomic mass is 10.1. The standard InChI is InChI=1S/C9H12O5/c1-6(10)13-5-8-3-2-7(4-14-8)9(11)12/h4,8H,2-3,5H2,1H3,(H,11,12). The van der Waals surface area contributed by atoms with Crippen molar-refractivity contribution in [2.24, 2.45) is 0 Å². The molecule has 1 atom stereocenters. The lowest BCUT2D eigenvalue weighted by molar-refractivity contribution is -0.145. The highest BCUT2D eigenvalue weighted by atomic mass is 16.6.